The molecule has 0 aliphatic heterocycles. The van der Waals surface area contributed by atoms with Crippen molar-refractivity contribution in [1.82, 2.24) is 0 Å². The van der Waals surface area contributed by atoms with Crippen molar-refractivity contribution < 1.29 is 14.6 Å². The average molecular weight is 279 g/mol. The third-order valence-electron chi connectivity index (χ3n) is 2.78. The van der Waals surface area contributed by atoms with Crippen LogP contribution in [0, 0.1) is 0 Å². The van der Waals surface area contributed by atoms with Crippen molar-refractivity contribution in [3.63, 3.8) is 0 Å². The topological polar surface area (TPSA) is 38.7 Å². The van der Waals surface area contributed by atoms with Crippen molar-refractivity contribution in [1.29, 1.82) is 0 Å². The zero-order valence-electron chi connectivity index (χ0n) is 10.6. The monoisotopic (exact) mass is 278 g/mol. The lowest BCUT2D eigenvalue weighted by atomic mass is 10.2. The SMILES string of the molecule is COc1cccc(CO)c1OCc1ccccc1Cl. The summed E-state index contributed by atoms with van der Waals surface area (Å²) >= 11 is 6.08. The number of aliphatic hydroxyl groups excluding tert-OH is 1. The van der Waals surface area contributed by atoms with Gasteiger partial charge in [0.1, 0.15) is 6.61 Å². The van der Waals surface area contributed by atoms with Crippen molar-refractivity contribution in [2.24, 2.45) is 0 Å². The Morgan fingerprint density at radius 2 is 1.79 bits per heavy atom. The molecule has 0 saturated heterocycles. The van der Waals surface area contributed by atoms with E-state index in [1.165, 1.54) is 0 Å². The lowest BCUT2D eigenvalue weighted by molar-refractivity contribution is 0.250. The number of hydrogen-bond acceptors (Lipinski definition) is 3. The predicted octanol–water partition coefficient (Wildman–Crippen LogP) is 3.42. The predicted molar refractivity (Wildman–Crippen MR) is 74.7 cm³/mol. The van der Waals surface area contributed by atoms with E-state index in [0.29, 0.717) is 28.7 Å². The second kappa shape index (κ2) is 6.45. The number of aliphatic hydroxyl groups is 1. The van der Waals surface area contributed by atoms with Crippen LogP contribution in [0.25, 0.3) is 0 Å². The minimum Gasteiger partial charge on any atom is -0.493 e. The molecular weight excluding hydrogens is 264 g/mol. The molecule has 0 unspecified atom stereocenters. The molecule has 0 bridgehead atoms. The molecule has 2 aromatic carbocycles. The zero-order valence-corrected chi connectivity index (χ0v) is 11.4. The van der Waals surface area contributed by atoms with Gasteiger partial charge in [0.05, 0.1) is 13.7 Å². The number of para-hydroxylation sites is 1. The Hall–Kier alpha value is -1.71. The van der Waals surface area contributed by atoms with Crippen LogP contribution >= 0.6 is 11.6 Å². The maximum Gasteiger partial charge on any atom is 0.167 e. The normalized spacial score (nSPS) is 10.3. The Morgan fingerprint density at radius 3 is 2.47 bits per heavy atom. The smallest absolute Gasteiger partial charge is 0.167 e. The molecule has 0 radical (unpaired) electrons. The van der Waals surface area contributed by atoms with Gasteiger partial charge in [-0.15, -0.1) is 0 Å². The van der Waals surface area contributed by atoms with E-state index in [9.17, 15) is 5.11 Å². The molecule has 0 aromatic heterocycles. The molecular formula is C15H15ClO3. The zero-order chi connectivity index (χ0) is 13.7. The fourth-order valence-corrected chi connectivity index (χ4v) is 1.97. The first-order chi connectivity index (χ1) is 9.26. The largest absolute Gasteiger partial charge is 0.493 e. The minimum absolute atomic E-state index is 0.102. The van der Waals surface area contributed by atoms with Gasteiger partial charge in [-0.05, 0) is 12.1 Å². The second-order valence-corrected chi connectivity index (χ2v) is 4.39. The van der Waals surface area contributed by atoms with Crippen LogP contribution in [0.1, 0.15) is 11.1 Å². The number of halogens is 1. The van der Waals surface area contributed by atoms with Gasteiger partial charge in [-0.25, -0.2) is 0 Å². The number of hydrogen-bond donors (Lipinski definition) is 1. The maximum atomic E-state index is 9.33. The Kier molecular flexibility index (Phi) is 4.66. The molecule has 0 spiro atoms. The van der Waals surface area contributed by atoms with E-state index in [1.54, 1.807) is 19.2 Å². The summed E-state index contributed by atoms with van der Waals surface area (Å²) in [4.78, 5) is 0. The number of methoxy groups -OCH3 is 1. The van der Waals surface area contributed by atoms with Gasteiger partial charge in [0.25, 0.3) is 0 Å². The first kappa shape index (κ1) is 13.7. The summed E-state index contributed by atoms with van der Waals surface area (Å²) in [6.45, 7) is 0.224. The van der Waals surface area contributed by atoms with E-state index in [4.69, 9.17) is 21.1 Å². The molecule has 0 aliphatic rings. The summed E-state index contributed by atoms with van der Waals surface area (Å²) in [7, 11) is 1.57. The molecule has 2 rings (SSSR count). The third kappa shape index (κ3) is 3.19. The molecule has 0 atom stereocenters. The molecule has 0 saturated carbocycles. The fraction of sp³-hybridized carbons (Fsp3) is 0.200. The summed E-state index contributed by atoms with van der Waals surface area (Å²) in [6.07, 6.45) is 0. The first-order valence-corrected chi connectivity index (χ1v) is 6.27. The van der Waals surface area contributed by atoms with E-state index < -0.39 is 0 Å². The molecule has 100 valence electrons. The van der Waals surface area contributed by atoms with Crippen LogP contribution < -0.4 is 9.47 Å². The lowest BCUT2D eigenvalue weighted by Gasteiger charge is -2.14. The molecule has 0 fully saturated rings. The summed E-state index contributed by atoms with van der Waals surface area (Å²) < 4.78 is 11.0. The number of rotatable bonds is 5. The Balaban J connectivity index is 2.21. The Morgan fingerprint density at radius 1 is 1.05 bits per heavy atom. The Bertz CT molecular complexity index is 533. The summed E-state index contributed by atoms with van der Waals surface area (Å²) in [6, 6.07) is 12.9. The minimum atomic E-state index is -0.102. The average Bonchev–Trinajstić information content (AvgIpc) is 2.46. The quantitative estimate of drug-likeness (QED) is 0.911. The van der Waals surface area contributed by atoms with Crippen LogP contribution in [0.4, 0.5) is 0 Å². The van der Waals surface area contributed by atoms with Gasteiger partial charge in [0, 0.05) is 16.1 Å². The van der Waals surface area contributed by atoms with Gasteiger partial charge in [-0.1, -0.05) is 41.9 Å². The van der Waals surface area contributed by atoms with Crippen molar-refractivity contribution in [3.05, 3.63) is 58.6 Å². The van der Waals surface area contributed by atoms with E-state index in [2.05, 4.69) is 0 Å². The molecule has 3 nitrogen and oxygen atoms in total. The molecule has 2 aromatic rings. The number of benzene rings is 2. The molecule has 4 heteroatoms. The van der Waals surface area contributed by atoms with Gasteiger partial charge in [0.15, 0.2) is 11.5 Å². The van der Waals surface area contributed by atoms with Crippen LogP contribution in [0.2, 0.25) is 5.02 Å². The second-order valence-electron chi connectivity index (χ2n) is 3.99. The van der Waals surface area contributed by atoms with Crippen molar-refractivity contribution in [2.75, 3.05) is 7.11 Å². The van der Waals surface area contributed by atoms with Gasteiger partial charge in [0.2, 0.25) is 0 Å². The van der Waals surface area contributed by atoms with E-state index in [0.717, 1.165) is 5.56 Å². The fourth-order valence-electron chi connectivity index (χ4n) is 1.78. The van der Waals surface area contributed by atoms with Crippen LogP contribution in [-0.4, -0.2) is 12.2 Å². The third-order valence-corrected chi connectivity index (χ3v) is 3.15. The van der Waals surface area contributed by atoms with Crippen LogP contribution in [-0.2, 0) is 13.2 Å². The Labute approximate surface area is 117 Å². The highest BCUT2D eigenvalue weighted by Gasteiger charge is 2.10. The highest BCUT2D eigenvalue weighted by Crippen LogP contribution is 2.32. The number of ether oxygens (including phenoxy) is 2. The summed E-state index contributed by atoms with van der Waals surface area (Å²) in [5, 5.41) is 9.98. The highest BCUT2D eigenvalue weighted by molar-refractivity contribution is 6.31. The van der Waals surface area contributed by atoms with Crippen LogP contribution in [0.15, 0.2) is 42.5 Å². The van der Waals surface area contributed by atoms with Gasteiger partial charge in [-0.3, -0.25) is 0 Å². The van der Waals surface area contributed by atoms with Crippen molar-refractivity contribution in [2.45, 2.75) is 13.2 Å². The molecule has 19 heavy (non-hydrogen) atoms. The van der Waals surface area contributed by atoms with Crippen LogP contribution in [0.5, 0.6) is 11.5 Å². The molecule has 0 heterocycles. The van der Waals surface area contributed by atoms with Gasteiger partial charge >= 0.3 is 0 Å². The molecule has 0 amide bonds. The van der Waals surface area contributed by atoms with Crippen LogP contribution in [0.3, 0.4) is 0 Å². The van der Waals surface area contributed by atoms with E-state index in [1.807, 2.05) is 30.3 Å². The van der Waals surface area contributed by atoms with Crippen molar-refractivity contribution in [3.8, 4) is 11.5 Å². The maximum absolute atomic E-state index is 9.33. The van der Waals surface area contributed by atoms with E-state index in [-0.39, 0.29) is 6.61 Å². The molecule has 0 aliphatic carbocycles. The van der Waals surface area contributed by atoms with Gasteiger partial charge < -0.3 is 14.6 Å². The summed E-state index contributed by atoms with van der Waals surface area (Å²) in [5.74, 6) is 1.14. The molecule has 1 N–H and O–H groups in total. The first-order valence-electron chi connectivity index (χ1n) is 5.89. The van der Waals surface area contributed by atoms with Gasteiger partial charge in [-0.2, -0.15) is 0 Å². The lowest BCUT2D eigenvalue weighted by Crippen LogP contribution is -2.01. The highest BCUT2D eigenvalue weighted by atomic mass is 35.5. The van der Waals surface area contributed by atoms with E-state index >= 15 is 0 Å². The summed E-state index contributed by atoms with van der Waals surface area (Å²) in [5.41, 5.74) is 1.57. The standard InChI is InChI=1S/C15H15ClO3/c1-18-14-8-4-6-11(9-17)15(14)19-10-12-5-2-3-7-13(12)16/h2-8,17H,9-10H2,1H3. The van der Waals surface area contributed by atoms with Crippen molar-refractivity contribution >= 4 is 11.6 Å².